The van der Waals surface area contributed by atoms with Crippen LogP contribution in [0.25, 0.3) is 0 Å². The Balaban J connectivity index is 1.57. The molecular formula is C15H16Cl2N2O2S2. The van der Waals surface area contributed by atoms with Crippen LogP contribution in [-0.4, -0.2) is 33.0 Å². The highest BCUT2D eigenvalue weighted by atomic mass is 35.5. The number of hydrogen-bond donors (Lipinski definition) is 1. The molecule has 2 heterocycles. The molecule has 1 N–H and O–H groups in total. The van der Waals surface area contributed by atoms with Crippen LogP contribution in [0.1, 0.15) is 10.4 Å². The van der Waals surface area contributed by atoms with E-state index in [1.807, 2.05) is 0 Å². The zero-order chi connectivity index (χ0) is 16.4. The van der Waals surface area contributed by atoms with Crippen LogP contribution in [0.3, 0.4) is 0 Å². The molecule has 2 aromatic rings. The smallest absolute Gasteiger partial charge is 0.240 e. The van der Waals surface area contributed by atoms with Gasteiger partial charge in [-0.05, 0) is 41.6 Å². The Kier molecular flexibility index (Phi) is 5.30. The summed E-state index contributed by atoms with van der Waals surface area (Å²) in [6.07, 6.45) is 1.03. The highest BCUT2D eigenvalue weighted by Crippen LogP contribution is 2.25. The lowest BCUT2D eigenvalue weighted by Gasteiger charge is -2.26. The monoisotopic (exact) mass is 390 g/mol. The number of nitrogens with zero attached hydrogens (tertiary/aromatic N) is 1. The van der Waals surface area contributed by atoms with E-state index in [4.69, 9.17) is 23.2 Å². The molecule has 8 heteroatoms. The van der Waals surface area contributed by atoms with Crippen molar-refractivity contribution in [1.82, 2.24) is 9.62 Å². The van der Waals surface area contributed by atoms with Crippen molar-refractivity contribution in [3.05, 3.63) is 50.1 Å². The molecule has 0 spiro atoms. The van der Waals surface area contributed by atoms with Crippen LogP contribution in [0, 0.1) is 0 Å². The molecule has 23 heavy (non-hydrogen) atoms. The average Bonchev–Trinajstić information content (AvgIpc) is 2.97. The van der Waals surface area contributed by atoms with Gasteiger partial charge in [-0.1, -0.05) is 23.2 Å². The maximum absolute atomic E-state index is 12.3. The molecule has 3 rings (SSSR count). The molecule has 0 atom stereocenters. The summed E-state index contributed by atoms with van der Waals surface area (Å²) in [5.41, 5.74) is 1.36. The van der Waals surface area contributed by atoms with Gasteiger partial charge in [0.15, 0.2) is 0 Å². The minimum atomic E-state index is -3.57. The molecule has 1 aromatic heterocycles. The average molecular weight is 391 g/mol. The van der Waals surface area contributed by atoms with Crippen molar-refractivity contribution in [1.29, 1.82) is 0 Å². The molecule has 1 aliphatic rings. The fraction of sp³-hybridized carbons (Fsp3) is 0.333. The van der Waals surface area contributed by atoms with Crippen LogP contribution in [0.15, 0.2) is 34.5 Å². The Morgan fingerprint density at radius 3 is 2.83 bits per heavy atom. The lowest BCUT2D eigenvalue weighted by Crippen LogP contribution is -2.37. The molecule has 0 saturated heterocycles. The molecule has 0 unspecified atom stereocenters. The Labute approximate surface area is 150 Å². The van der Waals surface area contributed by atoms with Crippen molar-refractivity contribution in [3.63, 3.8) is 0 Å². The number of benzene rings is 1. The zero-order valence-electron chi connectivity index (χ0n) is 12.3. The predicted octanol–water partition coefficient (Wildman–Crippen LogP) is 3.39. The van der Waals surface area contributed by atoms with Gasteiger partial charge in [-0.2, -0.15) is 0 Å². The third kappa shape index (κ3) is 4.07. The normalized spacial score (nSPS) is 15.6. The van der Waals surface area contributed by atoms with Crippen LogP contribution in [0.4, 0.5) is 0 Å². The van der Waals surface area contributed by atoms with E-state index in [0.29, 0.717) is 18.1 Å². The SMILES string of the molecule is O=S(=O)(NCCN1CCc2sccc2C1)c1ccc(Cl)c(Cl)c1. The van der Waals surface area contributed by atoms with E-state index in [1.165, 1.54) is 28.6 Å². The molecule has 124 valence electrons. The number of nitrogens with one attached hydrogen (secondary N) is 1. The molecule has 0 aliphatic carbocycles. The van der Waals surface area contributed by atoms with Gasteiger partial charge >= 0.3 is 0 Å². The summed E-state index contributed by atoms with van der Waals surface area (Å²) in [6, 6.07) is 6.45. The third-order valence-corrected chi connectivity index (χ3v) is 7.03. The first-order chi connectivity index (χ1) is 11.0. The number of thiophene rings is 1. The van der Waals surface area contributed by atoms with Crippen molar-refractivity contribution >= 4 is 44.6 Å². The van der Waals surface area contributed by atoms with Gasteiger partial charge in [-0.15, -0.1) is 11.3 Å². The molecule has 0 bridgehead atoms. The van der Waals surface area contributed by atoms with Crippen LogP contribution < -0.4 is 4.72 Å². The van der Waals surface area contributed by atoms with Crippen molar-refractivity contribution in [2.75, 3.05) is 19.6 Å². The molecule has 4 nitrogen and oxygen atoms in total. The second-order valence-electron chi connectivity index (χ2n) is 5.37. The van der Waals surface area contributed by atoms with Crippen LogP contribution in [-0.2, 0) is 23.0 Å². The van der Waals surface area contributed by atoms with Gasteiger partial charge in [0, 0.05) is 31.1 Å². The van der Waals surface area contributed by atoms with Gasteiger partial charge < -0.3 is 0 Å². The largest absolute Gasteiger partial charge is 0.297 e. The molecule has 1 aliphatic heterocycles. The minimum absolute atomic E-state index is 0.130. The maximum Gasteiger partial charge on any atom is 0.240 e. The van der Waals surface area contributed by atoms with Crippen LogP contribution in [0.2, 0.25) is 10.0 Å². The summed E-state index contributed by atoms with van der Waals surface area (Å²) in [4.78, 5) is 3.83. The molecule has 1 aromatic carbocycles. The second kappa shape index (κ2) is 7.09. The maximum atomic E-state index is 12.3. The summed E-state index contributed by atoms with van der Waals surface area (Å²) in [5, 5.41) is 2.68. The first-order valence-corrected chi connectivity index (χ1v) is 10.3. The van der Waals surface area contributed by atoms with Gasteiger partial charge in [-0.25, -0.2) is 13.1 Å². The Bertz CT molecular complexity index is 806. The van der Waals surface area contributed by atoms with E-state index < -0.39 is 10.0 Å². The fourth-order valence-corrected chi connectivity index (χ4v) is 4.86. The standard InChI is InChI=1S/C15H16Cl2N2O2S2/c16-13-2-1-12(9-14(13)17)23(20,21)18-5-7-19-6-3-15-11(10-19)4-8-22-15/h1-2,4,8-9,18H,3,5-7,10H2. The van der Waals surface area contributed by atoms with Gasteiger partial charge in [0.2, 0.25) is 10.0 Å². The Hall–Kier alpha value is -0.630. The summed E-state index contributed by atoms with van der Waals surface area (Å²) in [7, 11) is -3.57. The number of fused-ring (bicyclic) bond motifs is 1. The number of sulfonamides is 1. The number of hydrogen-bond acceptors (Lipinski definition) is 4. The molecular weight excluding hydrogens is 375 g/mol. The molecule has 0 fully saturated rings. The van der Waals surface area contributed by atoms with E-state index in [1.54, 1.807) is 11.3 Å². The Morgan fingerprint density at radius 2 is 2.04 bits per heavy atom. The van der Waals surface area contributed by atoms with Crippen molar-refractivity contribution in [2.24, 2.45) is 0 Å². The quantitative estimate of drug-likeness (QED) is 0.850. The van der Waals surface area contributed by atoms with Gasteiger partial charge in [0.1, 0.15) is 0 Å². The predicted molar refractivity (Wildman–Crippen MR) is 95.0 cm³/mol. The summed E-state index contributed by atoms with van der Waals surface area (Å²) in [6.45, 7) is 2.88. The van der Waals surface area contributed by atoms with E-state index in [9.17, 15) is 8.42 Å². The van der Waals surface area contributed by atoms with E-state index in [-0.39, 0.29) is 9.92 Å². The third-order valence-electron chi connectivity index (χ3n) is 3.81. The molecule has 0 saturated carbocycles. The van der Waals surface area contributed by atoms with Crippen LogP contribution in [0.5, 0.6) is 0 Å². The van der Waals surface area contributed by atoms with Gasteiger partial charge in [0.25, 0.3) is 0 Å². The molecule has 0 amide bonds. The summed E-state index contributed by atoms with van der Waals surface area (Å²) < 4.78 is 27.1. The summed E-state index contributed by atoms with van der Waals surface area (Å²) >= 11 is 13.5. The van der Waals surface area contributed by atoms with Crippen molar-refractivity contribution < 1.29 is 8.42 Å². The second-order valence-corrected chi connectivity index (χ2v) is 8.95. The van der Waals surface area contributed by atoms with E-state index in [0.717, 1.165) is 19.5 Å². The highest BCUT2D eigenvalue weighted by Gasteiger charge is 2.19. The zero-order valence-corrected chi connectivity index (χ0v) is 15.4. The lowest BCUT2D eigenvalue weighted by atomic mass is 10.1. The van der Waals surface area contributed by atoms with E-state index in [2.05, 4.69) is 21.1 Å². The topological polar surface area (TPSA) is 49.4 Å². The Morgan fingerprint density at radius 1 is 1.22 bits per heavy atom. The first kappa shape index (κ1) is 17.2. The van der Waals surface area contributed by atoms with E-state index >= 15 is 0 Å². The minimum Gasteiger partial charge on any atom is -0.297 e. The fourth-order valence-electron chi connectivity index (χ4n) is 2.56. The lowest BCUT2D eigenvalue weighted by molar-refractivity contribution is 0.260. The number of rotatable bonds is 5. The molecule has 0 radical (unpaired) electrons. The highest BCUT2D eigenvalue weighted by molar-refractivity contribution is 7.89. The van der Waals surface area contributed by atoms with Crippen molar-refractivity contribution in [2.45, 2.75) is 17.9 Å². The van der Waals surface area contributed by atoms with Crippen LogP contribution >= 0.6 is 34.5 Å². The number of halogens is 2. The first-order valence-electron chi connectivity index (χ1n) is 7.18. The summed E-state index contributed by atoms with van der Waals surface area (Å²) in [5.74, 6) is 0. The van der Waals surface area contributed by atoms with Gasteiger partial charge in [0.05, 0.1) is 14.9 Å². The van der Waals surface area contributed by atoms with Crippen molar-refractivity contribution in [3.8, 4) is 0 Å². The van der Waals surface area contributed by atoms with Gasteiger partial charge in [-0.3, -0.25) is 4.90 Å².